The Morgan fingerprint density at radius 3 is 2.19 bits per heavy atom. The average Bonchev–Trinajstić information content (AvgIpc) is 3.16. The number of para-hydroxylation sites is 2. The lowest BCUT2D eigenvalue weighted by atomic mass is 9.73. The normalized spacial score (nSPS) is 32.9. The molecule has 0 amide bonds. The quantitative estimate of drug-likeness (QED) is 0.545. The third-order valence-electron chi connectivity index (χ3n) is 9.74. The molecule has 0 radical (unpaired) electrons. The summed E-state index contributed by atoms with van der Waals surface area (Å²) in [4.78, 5) is 37.3. The molecule has 2 aliphatic heterocycles. The zero-order valence-corrected chi connectivity index (χ0v) is 21.0. The van der Waals surface area contributed by atoms with E-state index >= 15 is 0 Å². The van der Waals surface area contributed by atoms with Crippen molar-refractivity contribution in [2.45, 2.75) is 101 Å². The van der Waals surface area contributed by atoms with E-state index in [0.29, 0.717) is 29.6 Å². The van der Waals surface area contributed by atoms with Crippen LogP contribution in [0.15, 0.2) is 39.9 Å². The van der Waals surface area contributed by atoms with E-state index < -0.39 is 11.2 Å². The average molecular weight is 488 g/mol. The molecule has 4 bridgehead atoms. The first kappa shape index (κ1) is 22.5. The van der Waals surface area contributed by atoms with Gasteiger partial charge in [0.1, 0.15) is 0 Å². The second-order valence-electron chi connectivity index (χ2n) is 12.0. The maximum Gasteiger partial charge on any atom is 0.326 e. The molecule has 4 fully saturated rings. The number of fused-ring (bicyclic) bond motifs is 5. The van der Waals surface area contributed by atoms with E-state index in [1.54, 1.807) is 0 Å². The zero-order valence-electron chi connectivity index (χ0n) is 21.0. The van der Waals surface area contributed by atoms with Crippen LogP contribution in [0.5, 0.6) is 0 Å². The summed E-state index contributed by atoms with van der Waals surface area (Å²) in [6.07, 6.45) is 16.2. The van der Waals surface area contributed by atoms with Crippen LogP contribution in [0, 0.1) is 11.8 Å². The van der Waals surface area contributed by atoms with Gasteiger partial charge >= 0.3 is 5.69 Å². The molecule has 6 atom stereocenters. The number of rotatable bonds is 3. The number of hydrogen-bond donors (Lipinski definition) is 2. The molecule has 7 heteroatoms. The number of nitrogens with zero attached hydrogens (tertiary/aromatic N) is 3. The van der Waals surface area contributed by atoms with Gasteiger partial charge in [-0.15, -0.1) is 0 Å². The lowest BCUT2D eigenvalue weighted by Gasteiger charge is -2.54. The van der Waals surface area contributed by atoms with E-state index in [-0.39, 0.29) is 0 Å². The molecule has 1 aromatic carbocycles. The smallest absolute Gasteiger partial charge is 0.319 e. The second kappa shape index (κ2) is 9.02. The number of piperidine rings is 2. The minimum absolute atomic E-state index is 0.313. The highest BCUT2D eigenvalue weighted by Crippen LogP contribution is 2.47. The van der Waals surface area contributed by atoms with Gasteiger partial charge in [-0.3, -0.25) is 14.7 Å². The molecule has 4 aliphatic rings. The van der Waals surface area contributed by atoms with E-state index in [9.17, 15) is 9.59 Å². The summed E-state index contributed by atoms with van der Waals surface area (Å²) in [5.41, 5.74) is 1.63. The molecule has 36 heavy (non-hydrogen) atoms. The van der Waals surface area contributed by atoms with Crippen molar-refractivity contribution in [3.63, 3.8) is 0 Å². The second-order valence-corrected chi connectivity index (χ2v) is 12.0. The van der Waals surface area contributed by atoms with Gasteiger partial charge in [0.05, 0.1) is 16.7 Å². The van der Waals surface area contributed by atoms with Crippen molar-refractivity contribution in [2.75, 3.05) is 0 Å². The topological polar surface area (TPSA) is 86.8 Å². The Balaban J connectivity index is 1.25. The van der Waals surface area contributed by atoms with E-state index in [1.165, 1.54) is 70.3 Å². The van der Waals surface area contributed by atoms with Gasteiger partial charge in [-0.25, -0.2) is 9.78 Å². The number of H-pyrrole nitrogens is 2. The summed E-state index contributed by atoms with van der Waals surface area (Å²) in [5, 5.41) is 0. The van der Waals surface area contributed by atoms with Crippen LogP contribution in [0.4, 0.5) is 0 Å². The Bertz CT molecular complexity index is 1320. The van der Waals surface area contributed by atoms with Gasteiger partial charge in [0, 0.05) is 30.2 Å². The van der Waals surface area contributed by atoms with Crippen molar-refractivity contribution in [1.82, 2.24) is 24.4 Å². The molecule has 2 aromatic heterocycles. The minimum Gasteiger partial charge on any atom is -0.319 e. The Morgan fingerprint density at radius 2 is 1.47 bits per heavy atom. The maximum atomic E-state index is 12.2. The van der Waals surface area contributed by atoms with Gasteiger partial charge in [-0.1, -0.05) is 44.2 Å². The van der Waals surface area contributed by atoms with Gasteiger partial charge in [0.25, 0.3) is 5.56 Å². The molecular formula is C29H37N5O2. The van der Waals surface area contributed by atoms with Crippen molar-refractivity contribution < 1.29 is 0 Å². The number of hydrogen-bond acceptors (Lipinski definition) is 4. The Hall–Kier alpha value is -2.67. The molecule has 0 unspecified atom stereocenters. The predicted molar refractivity (Wildman–Crippen MR) is 141 cm³/mol. The SMILES string of the molecule is O=c1cc(-c2nc3ccccc3n2[C@H]2C[C@H]3CCC[C@@H](C2)N3[C@@H]2C[C@@H]3CCCC[C@@H](C3)C2)[nH]c(=O)[nH]1. The molecule has 190 valence electrons. The molecule has 4 heterocycles. The molecule has 2 saturated carbocycles. The van der Waals surface area contributed by atoms with E-state index in [0.717, 1.165) is 41.8 Å². The van der Waals surface area contributed by atoms with Crippen molar-refractivity contribution in [3.05, 3.63) is 51.2 Å². The summed E-state index contributed by atoms with van der Waals surface area (Å²) in [7, 11) is 0. The van der Waals surface area contributed by atoms with Crippen LogP contribution < -0.4 is 11.2 Å². The molecule has 3 aromatic rings. The van der Waals surface area contributed by atoms with Crippen molar-refractivity contribution in [2.24, 2.45) is 11.8 Å². The van der Waals surface area contributed by atoms with Crippen LogP contribution >= 0.6 is 0 Å². The fraction of sp³-hybridized carbons (Fsp3) is 0.621. The summed E-state index contributed by atoms with van der Waals surface area (Å²) in [5.74, 6) is 2.58. The first-order valence-electron chi connectivity index (χ1n) is 14.2. The third-order valence-corrected chi connectivity index (χ3v) is 9.74. The summed E-state index contributed by atoms with van der Waals surface area (Å²) >= 11 is 0. The van der Waals surface area contributed by atoms with Crippen LogP contribution in [-0.2, 0) is 0 Å². The predicted octanol–water partition coefficient (Wildman–Crippen LogP) is 5.00. The van der Waals surface area contributed by atoms with Crippen LogP contribution in [0.2, 0.25) is 0 Å². The van der Waals surface area contributed by atoms with Gasteiger partial charge in [-0.2, -0.15) is 0 Å². The van der Waals surface area contributed by atoms with Crippen LogP contribution in [-0.4, -0.2) is 42.5 Å². The van der Waals surface area contributed by atoms with Crippen molar-refractivity contribution in [1.29, 1.82) is 0 Å². The highest BCUT2D eigenvalue weighted by Gasteiger charge is 2.45. The Morgan fingerprint density at radius 1 is 0.750 bits per heavy atom. The van der Waals surface area contributed by atoms with Crippen molar-refractivity contribution in [3.8, 4) is 11.5 Å². The van der Waals surface area contributed by atoms with Gasteiger partial charge in [0.2, 0.25) is 0 Å². The lowest BCUT2D eigenvalue weighted by molar-refractivity contribution is -0.0415. The zero-order chi connectivity index (χ0) is 24.2. The molecule has 7 rings (SSSR count). The van der Waals surface area contributed by atoms with E-state index in [4.69, 9.17) is 4.98 Å². The highest BCUT2D eigenvalue weighted by molar-refractivity contribution is 5.80. The summed E-state index contributed by atoms with van der Waals surface area (Å²) in [6, 6.07) is 12.0. The van der Waals surface area contributed by atoms with Gasteiger partial charge in [-0.05, 0) is 68.9 Å². The Labute approximate surface area is 211 Å². The highest BCUT2D eigenvalue weighted by atomic mass is 16.2. The van der Waals surface area contributed by atoms with Gasteiger partial charge in [0.15, 0.2) is 5.82 Å². The number of aromatic nitrogens is 4. The number of aromatic amines is 2. The standard InChI is InChI=1S/C29H37N5O2/c35-27-17-25(31-29(36)32-27)28-30-24-10-3-4-11-26(24)34(28)23-15-20-8-5-9-21(16-23)33(20)22-13-18-6-1-2-7-19(12-18)14-22/h3-4,10-11,17-23H,1-2,5-9,12-16H2,(H2,31,32,35,36)/t18-,19+,20-,21+,22-,23+. The van der Waals surface area contributed by atoms with Crippen LogP contribution in [0.3, 0.4) is 0 Å². The maximum absolute atomic E-state index is 12.2. The third kappa shape index (κ3) is 3.96. The van der Waals surface area contributed by atoms with E-state index in [2.05, 4.69) is 31.6 Å². The fourth-order valence-corrected chi connectivity index (χ4v) is 8.50. The molecular weight excluding hydrogens is 450 g/mol. The first-order valence-corrected chi connectivity index (χ1v) is 14.2. The first-order chi connectivity index (χ1) is 17.6. The number of imidazole rings is 1. The van der Waals surface area contributed by atoms with Crippen LogP contribution in [0.1, 0.15) is 83.1 Å². The molecule has 2 N–H and O–H groups in total. The number of benzene rings is 1. The van der Waals surface area contributed by atoms with E-state index in [1.807, 2.05) is 12.1 Å². The largest absolute Gasteiger partial charge is 0.326 e. The molecule has 7 nitrogen and oxygen atoms in total. The number of nitrogens with one attached hydrogen (secondary N) is 2. The summed E-state index contributed by atoms with van der Waals surface area (Å²) < 4.78 is 2.34. The van der Waals surface area contributed by atoms with Gasteiger partial charge < -0.3 is 9.55 Å². The molecule has 2 aliphatic carbocycles. The molecule has 2 saturated heterocycles. The van der Waals surface area contributed by atoms with Crippen LogP contribution in [0.25, 0.3) is 22.6 Å². The summed E-state index contributed by atoms with van der Waals surface area (Å²) in [6.45, 7) is 0. The molecule has 0 spiro atoms. The lowest BCUT2D eigenvalue weighted by Crippen LogP contribution is -2.58. The Kier molecular flexibility index (Phi) is 5.64. The van der Waals surface area contributed by atoms with Crippen molar-refractivity contribution >= 4 is 11.0 Å². The minimum atomic E-state index is -0.485. The monoisotopic (exact) mass is 487 g/mol. The fourth-order valence-electron chi connectivity index (χ4n) is 8.50.